The largest absolute Gasteiger partial charge is 0.357 e. The molecular weight excluding hydrogens is 533 g/mol. The molecule has 0 aliphatic carbocycles. The van der Waals surface area contributed by atoms with E-state index in [4.69, 9.17) is 23.2 Å². The van der Waals surface area contributed by atoms with Crippen molar-refractivity contribution in [3.63, 3.8) is 0 Å². The molecule has 3 aromatic carbocycles. The zero-order chi connectivity index (χ0) is 27.0. The zero-order valence-corrected chi connectivity index (χ0v) is 22.9. The first-order chi connectivity index (χ1) is 17.7. The Morgan fingerprint density at radius 3 is 2.14 bits per heavy atom. The van der Waals surface area contributed by atoms with Crippen molar-refractivity contribution in [2.75, 3.05) is 24.4 Å². The first-order valence-corrected chi connectivity index (χ1v) is 14.0. The molecule has 0 aliphatic rings. The number of sulfonamides is 1. The summed E-state index contributed by atoms with van der Waals surface area (Å²) in [5.74, 6) is -0.859. The van der Waals surface area contributed by atoms with Gasteiger partial charge in [-0.05, 0) is 48.7 Å². The molecule has 0 saturated heterocycles. The Morgan fingerprint density at radius 2 is 1.57 bits per heavy atom. The Morgan fingerprint density at radius 1 is 0.946 bits per heavy atom. The topological polar surface area (TPSA) is 86.8 Å². The molecule has 0 saturated carbocycles. The van der Waals surface area contributed by atoms with Crippen LogP contribution >= 0.6 is 23.2 Å². The van der Waals surface area contributed by atoms with Crippen molar-refractivity contribution in [1.82, 2.24) is 10.2 Å². The van der Waals surface area contributed by atoms with Gasteiger partial charge in [-0.25, -0.2) is 8.42 Å². The fourth-order valence-corrected chi connectivity index (χ4v) is 5.99. The minimum atomic E-state index is -4.19. The normalized spacial score (nSPS) is 12.0. The Hall–Kier alpha value is -3.07. The number of likely N-dealkylation sites (N-methyl/N-ethyl adjacent to an activating group) is 1. The first-order valence-electron chi connectivity index (χ1n) is 11.8. The van der Waals surface area contributed by atoms with Crippen LogP contribution in [0, 0.1) is 0 Å². The molecule has 0 aromatic heterocycles. The second kappa shape index (κ2) is 12.9. The smallest absolute Gasteiger partial charge is 0.264 e. The maximum absolute atomic E-state index is 13.8. The van der Waals surface area contributed by atoms with E-state index in [1.54, 1.807) is 25.1 Å². The van der Waals surface area contributed by atoms with Crippen LogP contribution < -0.4 is 9.62 Å². The van der Waals surface area contributed by atoms with E-state index in [0.717, 1.165) is 9.87 Å². The molecule has 0 aliphatic heterocycles. The summed E-state index contributed by atoms with van der Waals surface area (Å²) < 4.78 is 28.4. The molecule has 10 heteroatoms. The first kappa shape index (κ1) is 28.5. The van der Waals surface area contributed by atoms with Crippen LogP contribution in [0.4, 0.5) is 5.69 Å². The van der Waals surface area contributed by atoms with Crippen LogP contribution in [0.15, 0.2) is 83.8 Å². The molecule has 7 nitrogen and oxygen atoms in total. The number of nitrogens with one attached hydrogen (secondary N) is 1. The number of hydrogen-bond donors (Lipinski definition) is 1. The summed E-state index contributed by atoms with van der Waals surface area (Å²) in [5.41, 5.74) is 1.10. The van der Waals surface area contributed by atoms with E-state index in [-0.39, 0.29) is 28.1 Å². The number of carbonyl (C=O) groups excluding carboxylic acids is 2. The molecule has 2 amide bonds. The number of carbonyl (C=O) groups is 2. The molecular formula is C27H29Cl2N3O4S. The monoisotopic (exact) mass is 561 g/mol. The van der Waals surface area contributed by atoms with Gasteiger partial charge in [-0.1, -0.05) is 78.7 Å². The van der Waals surface area contributed by atoms with Crippen molar-refractivity contribution in [1.29, 1.82) is 0 Å². The van der Waals surface area contributed by atoms with Crippen LogP contribution in [0.5, 0.6) is 0 Å². The third kappa shape index (κ3) is 7.03. The SMILES string of the molecule is CC[C@@H](C(=O)NC)N(CCc1ccccc1)C(=O)CN(c1ccc(Cl)cc1Cl)S(=O)(=O)c1ccccc1. The van der Waals surface area contributed by atoms with Gasteiger partial charge >= 0.3 is 0 Å². The van der Waals surface area contributed by atoms with Gasteiger partial charge in [0.15, 0.2) is 0 Å². The predicted octanol–water partition coefficient (Wildman–Crippen LogP) is 4.78. The lowest BCUT2D eigenvalue weighted by atomic mass is 10.1. The zero-order valence-electron chi connectivity index (χ0n) is 20.6. The highest BCUT2D eigenvalue weighted by atomic mass is 35.5. The number of amides is 2. The number of rotatable bonds is 11. The molecule has 0 fully saturated rings. The van der Waals surface area contributed by atoms with Crippen LogP contribution in [-0.2, 0) is 26.0 Å². The number of anilines is 1. The van der Waals surface area contributed by atoms with Gasteiger partial charge in [0.25, 0.3) is 10.0 Å². The molecule has 0 bridgehead atoms. The second-order valence-corrected chi connectivity index (χ2v) is 11.0. The molecule has 0 spiro atoms. The molecule has 0 heterocycles. The number of halogens is 2. The van der Waals surface area contributed by atoms with Crippen molar-refractivity contribution < 1.29 is 18.0 Å². The predicted molar refractivity (Wildman–Crippen MR) is 147 cm³/mol. The van der Waals surface area contributed by atoms with Gasteiger partial charge in [-0.15, -0.1) is 0 Å². The summed E-state index contributed by atoms with van der Waals surface area (Å²) in [7, 11) is -2.68. The Balaban J connectivity index is 2.02. The lowest BCUT2D eigenvalue weighted by molar-refractivity contribution is -0.139. The third-order valence-corrected chi connectivity index (χ3v) is 8.22. The van der Waals surface area contributed by atoms with Crippen molar-refractivity contribution in [2.24, 2.45) is 0 Å². The van der Waals surface area contributed by atoms with Crippen LogP contribution in [-0.4, -0.2) is 51.3 Å². The molecule has 3 rings (SSSR count). The summed E-state index contributed by atoms with van der Waals surface area (Å²) >= 11 is 12.5. The quantitative estimate of drug-likeness (QED) is 0.364. The fourth-order valence-electron chi connectivity index (χ4n) is 3.98. The lowest BCUT2D eigenvalue weighted by Gasteiger charge is -2.33. The summed E-state index contributed by atoms with van der Waals surface area (Å²) in [4.78, 5) is 27.9. The molecule has 3 aromatic rings. The van der Waals surface area contributed by atoms with E-state index in [2.05, 4.69) is 5.32 Å². The van der Waals surface area contributed by atoms with Crippen LogP contribution in [0.3, 0.4) is 0 Å². The van der Waals surface area contributed by atoms with Gasteiger partial charge in [0, 0.05) is 18.6 Å². The number of benzene rings is 3. The second-order valence-electron chi connectivity index (χ2n) is 8.28. The number of nitrogens with zero attached hydrogens (tertiary/aromatic N) is 2. The van der Waals surface area contributed by atoms with Gasteiger partial charge < -0.3 is 10.2 Å². The summed E-state index contributed by atoms with van der Waals surface area (Å²) in [5, 5.41) is 3.01. The van der Waals surface area contributed by atoms with E-state index in [1.807, 2.05) is 30.3 Å². The Bertz CT molecular complexity index is 1320. The molecule has 0 radical (unpaired) electrons. The van der Waals surface area contributed by atoms with E-state index >= 15 is 0 Å². The molecule has 196 valence electrons. The third-order valence-electron chi connectivity index (χ3n) is 5.91. The molecule has 37 heavy (non-hydrogen) atoms. The molecule has 1 N–H and O–H groups in total. The molecule has 0 unspecified atom stereocenters. The lowest BCUT2D eigenvalue weighted by Crippen LogP contribution is -2.52. The maximum Gasteiger partial charge on any atom is 0.264 e. The van der Waals surface area contributed by atoms with Crippen LogP contribution in [0.2, 0.25) is 10.0 Å². The van der Waals surface area contributed by atoms with Crippen LogP contribution in [0.25, 0.3) is 0 Å². The maximum atomic E-state index is 13.8. The summed E-state index contributed by atoms with van der Waals surface area (Å²) in [6.07, 6.45) is 0.848. The van der Waals surface area contributed by atoms with Gasteiger partial charge in [0.05, 0.1) is 15.6 Å². The van der Waals surface area contributed by atoms with E-state index in [1.165, 1.54) is 42.3 Å². The number of hydrogen-bond acceptors (Lipinski definition) is 4. The van der Waals surface area contributed by atoms with E-state index in [9.17, 15) is 18.0 Å². The fraction of sp³-hybridized carbons (Fsp3) is 0.259. The van der Waals surface area contributed by atoms with Crippen molar-refractivity contribution in [3.8, 4) is 0 Å². The summed E-state index contributed by atoms with van der Waals surface area (Å²) in [6, 6.07) is 21.0. The molecule has 1 atom stereocenters. The highest BCUT2D eigenvalue weighted by Crippen LogP contribution is 2.33. The Kier molecular flexibility index (Phi) is 9.97. The van der Waals surface area contributed by atoms with Gasteiger partial charge in [0.1, 0.15) is 12.6 Å². The highest BCUT2D eigenvalue weighted by Gasteiger charge is 2.33. The van der Waals surface area contributed by atoms with Gasteiger partial charge in [-0.3, -0.25) is 13.9 Å². The average molecular weight is 563 g/mol. The van der Waals surface area contributed by atoms with Crippen molar-refractivity contribution in [3.05, 3.63) is 94.5 Å². The standard InChI is InChI=1S/C27H29Cl2N3O4S/c1-3-24(27(34)30-2)31(17-16-20-10-6-4-7-11-20)26(33)19-32(25-15-14-21(28)18-23(25)29)37(35,36)22-12-8-5-9-13-22/h4-15,18,24H,3,16-17,19H2,1-2H3,(H,30,34)/t24-/m0/s1. The van der Waals surface area contributed by atoms with Crippen LogP contribution in [0.1, 0.15) is 18.9 Å². The van der Waals surface area contributed by atoms with E-state index < -0.39 is 28.5 Å². The van der Waals surface area contributed by atoms with Crippen molar-refractivity contribution in [2.45, 2.75) is 30.7 Å². The summed E-state index contributed by atoms with van der Waals surface area (Å²) in [6.45, 7) is 1.47. The average Bonchev–Trinajstić information content (AvgIpc) is 2.90. The minimum absolute atomic E-state index is 0.00277. The van der Waals surface area contributed by atoms with Gasteiger partial charge in [0.2, 0.25) is 11.8 Å². The Labute approximate surface area is 228 Å². The minimum Gasteiger partial charge on any atom is -0.357 e. The highest BCUT2D eigenvalue weighted by molar-refractivity contribution is 7.92. The van der Waals surface area contributed by atoms with E-state index in [0.29, 0.717) is 17.9 Å². The van der Waals surface area contributed by atoms with Crippen molar-refractivity contribution >= 4 is 50.7 Å². The van der Waals surface area contributed by atoms with Gasteiger partial charge in [-0.2, -0.15) is 0 Å².